The Morgan fingerprint density at radius 3 is 2.67 bits per heavy atom. The van der Waals surface area contributed by atoms with Crippen molar-refractivity contribution in [1.82, 2.24) is 9.29 Å². The number of aryl methyl sites for hydroxylation is 1. The van der Waals surface area contributed by atoms with Crippen LogP contribution in [0.5, 0.6) is 0 Å². The zero-order chi connectivity index (χ0) is 19.0. The number of sulfonamides is 1. The minimum Gasteiger partial charge on any atom is -0.264 e. The fourth-order valence-corrected chi connectivity index (χ4v) is 5.52. The molecule has 2 heterocycles. The van der Waals surface area contributed by atoms with Crippen molar-refractivity contribution in [1.29, 1.82) is 0 Å². The molecule has 4 rings (SSSR count). The molecule has 0 amide bonds. The van der Waals surface area contributed by atoms with Crippen molar-refractivity contribution >= 4 is 10.0 Å². The number of halogens is 1. The van der Waals surface area contributed by atoms with Gasteiger partial charge >= 0.3 is 0 Å². The summed E-state index contributed by atoms with van der Waals surface area (Å²) >= 11 is 0. The van der Waals surface area contributed by atoms with Crippen LogP contribution in [0.15, 0.2) is 71.9 Å². The number of hydrogen-bond donors (Lipinski definition) is 0. The van der Waals surface area contributed by atoms with E-state index in [0.717, 1.165) is 16.7 Å². The molecule has 4 nitrogen and oxygen atoms in total. The summed E-state index contributed by atoms with van der Waals surface area (Å²) in [5.74, 6) is -0.445. The molecule has 0 radical (unpaired) electrons. The Labute approximate surface area is 158 Å². The number of pyridine rings is 1. The summed E-state index contributed by atoms with van der Waals surface area (Å²) < 4.78 is 42.0. The molecule has 0 spiro atoms. The summed E-state index contributed by atoms with van der Waals surface area (Å²) in [4.78, 5) is 4.32. The van der Waals surface area contributed by atoms with E-state index >= 15 is 0 Å². The molecule has 0 bridgehead atoms. The summed E-state index contributed by atoms with van der Waals surface area (Å²) in [7, 11) is -3.81. The summed E-state index contributed by atoms with van der Waals surface area (Å²) in [6.07, 6.45) is 4.00. The third-order valence-electron chi connectivity index (χ3n) is 4.96. The van der Waals surface area contributed by atoms with Crippen molar-refractivity contribution < 1.29 is 12.8 Å². The number of rotatable bonds is 3. The second-order valence-electron chi connectivity index (χ2n) is 6.66. The molecule has 1 aliphatic heterocycles. The highest BCUT2D eigenvalue weighted by atomic mass is 32.2. The molecule has 0 aliphatic carbocycles. The van der Waals surface area contributed by atoms with Gasteiger partial charge in [0.25, 0.3) is 0 Å². The minimum atomic E-state index is -3.81. The first kappa shape index (κ1) is 17.8. The van der Waals surface area contributed by atoms with Crippen molar-refractivity contribution in [3.05, 3.63) is 95.1 Å². The van der Waals surface area contributed by atoms with Crippen LogP contribution in [-0.2, 0) is 16.4 Å². The minimum absolute atomic E-state index is 0.136. The van der Waals surface area contributed by atoms with Crippen LogP contribution in [0.25, 0.3) is 0 Å². The van der Waals surface area contributed by atoms with Gasteiger partial charge in [-0.2, -0.15) is 4.31 Å². The van der Waals surface area contributed by atoms with E-state index in [0.29, 0.717) is 18.5 Å². The lowest BCUT2D eigenvalue weighted by molar-refractivity contribution is 0.343. The lowest BCUT2D eigenvalue weighted by atomic mass is 9.91. The first-order chi connectivity index (χ1) is 13.0. The molecular weight excluding hydrogens is 363 g/mol. The van der Waals surface area contributed by atoms with E-state index in [1.165, 1.54) is 22.5 Å². The Hall–Kier alpha value is -2.57. The van der Waals surface area contributed by atoms with E-state index in [2.05, 4.69) is 4.98 Å². The Kier molecular flexibility index (Phi) is 4.53. The quantitative estimate of drug-likeness (QED) is 0.691. The predicted octanol–water partition coefficient (Wildman–Crippen LogP) is 3.87. The maximum Gasteiger partial charge on any atom is 0.244 e. The van der Waals surface area contributed by atoms with Crippen LogP contribution >= 0.6 is 0 Å². The van der Waals surface area contributed by atoms with Crippen molar-refractivity contribution in [3.8, 4) is 0 Å². The molecule has 0 saturated heterocycles. The Bertz CT molecular complexity index is 1080. The number of nitrogens with zero attached hydrogens (tertiary/aromatic N) is 2. The SMILES string of the molecule is Cc1cc(F)ccc1S(=O)(=O)N1CCc2ccccc2C1c1cccnc1. The van der Waals surface area contributed by atoms with Gasteiger partial charge in [0.15, 0.2) is 0 Å². The van der Waals surface area contributed by atoms with Crippen LogP contribution < -0.4 is 0 Å². The Balaban J connectivity index is 1.88. The van der Waals surface area contributed by atoms with Crippen molar-refractivity contribution in [2.75, 3.05) is 6.54 Å². The van der Waals surface area contributed by atoms with Gasteiger partial charge in [0.05, 0.1) is 10.9 Å². The summed E-state index contributed by atoms with van der Waals surface area (Å²) in [5, 5.41) is 0. The lowest BCUT2D eigenvalue weighted by Crippen LogP contribution is -2.40. The van der Waals surface area contributed by atoms with Crippen molar-refractivity contribution in [2.24, 2.45) is 0 Å². The fourth-order valence-electron chi connectivity index (χ4n) is 3.71. The first-order valence-corrected chi connectivity index (χ1v) is 10.2. The van der Waals surface area contributed by atoms with E-state index in [9.17, 15) is 12.8 Å². The maximum absolute atomic E-state index is 13.5. The molecule has 27 heavy (non-hydrogen) atoms. The third kappa shape index (κ3) is 3.15. The number of benzene rings is 2. The molecule has 2 aromatic carbocycles. The van der Waals surface area contributed by atoms with Gasteiger partial charge in [-0.15, -0.1) is 0 Å². The van der Waals surface area contributed by atoms with E-state index < -0.39 is 21.9 Å². The van der Waals surface area contributed by atoms with Gasteiger partial charge in [-0.1, -0.05) is 30.3 Å². The highest BCUT2D eigenvalue weighted by molar-refractivity contribution is 7.89. The van der Waals surface area contributed by atoms with Gasteiger partial charge in [0, 0.05) is 18.9 Å². The first-order valence-electron chi connectivity index (χ1n) is 8.74. The number of hydrogen-bond acceptors (Lipinski definition) is 3. The largest absolute Gasteiger partial charge is 0.264 e. The molecule has 1 atom stereocenters. The summed E-state index contributed by atoms with van der Waals surface area (Å²) in [5.41, 5.74) is 3.31. The van der Waals surface area contributed by atoms with Crippen molar-refractivity contribution in [2.45, 2.75) is 24.3 Å². The average Bonchev–Trinajstić information content (AvgIpc) is 2.67. The van der Waals surface area contributed by atoms with Crippen LogP contribution in [0.3, 0.4) is 0 Å². The van der Waals surface area contributed by atoms with Crippen LogP contribution in [0.4, 0.5) is 4.39 Å². The highest BCUT2D eigenvalue weighted by Gasteiger charge is 2.38. The van der Waals surface area contributed by atoms with Crippen LogP contribution in [-0.4, -0.2) is 24.3 Å². The topological polar surface area (TPSA) is 50.3 Å². The fraction of sp³-hybridized carbons (Fsp3) is 0.190. The average molecular weight is 382 g/mol. The van der Waals surface area contributed by atoms with Gasteiger partial charge in [0.2, 0.25) is 10.0 Å². The Morgan fingerprint density at radius 2 is 1.93 bits per heavy atom. The molecule has 3 aromatic rings. The standard InChI is InChI=1S/C21H19FN2O2S/c1-15-13-18(22)8-9-20(15)27(25,26)24-12-10-16-5-2-3-7-19(16)21(24)17-6-4-11-23-14-17/h2-9,11,13-14,21H,10,12H2,1H3. The molecule has 138 valence electrons. The second kappa shape index (κ2) is 6.87. The zero-order valence-corrected chi connectivity index (χ0v) is 15.7. The lowest BCUT2D eigenvalue weighted by Gasteiger charge is -2.36. The maximum atomic E-state index is 13.5. The van der Waals surface area contributed by atoms with Gasteiger partial charge in [-0.05, 0) is 59.9 Å². The van der Waals surface area contributed by atoms with Crippen LogP contribution in [0.1, 0.15) is 28.3 Å². The van der Waals surface area contributed by atoms with E-state index in [4.69, 9.17) is 0 Å². The highest BCUT2D eigenvalue weighted by Crippen LogP contribution is 2.38. The molecular formula is C21H19FN2O2S. The smallest absolute Gasteiger partial charge is 0.244 e. The Morgan fingerprint density at radius 1 is 1.11 bits per heavy atom. The zero-order valence-electron chi connectivity index (χ0n) is 14.8. The van der Waals surface area contributed by atoms with Crippen LogP contribution in [0, 0.1) is 12.7 Å². The van der Waals surface area contributed by atoms with E-state index in [1.807, 2.05) is 30.3 Å². The van der Waals surface area contributed by atoms with E-state index in [1.54, 1.807) is 25.4 Å². The molecule has 0 saturated carbocycles. The summed E-state index contributed by atoms with van der Waals surface area (Å²) in [6.45, 7) is 1.97. The molecule has 1 unspecified atom stereocenters. The van der Waals surface area contributed by atoms with Gasteiger partial charge in [-0.25, -0.2) is 12.8 Å². The van der Waals surface area contributed by atoms with E-state index in [-0.39, 0.29) is 4.90 Å². The second-order valence-corrected chi connectivity index (χ2v) is 8.52. The monoisotopic (exact) mass is 382 g/mol. The molecule has 6 heteroatoms. The van der Waals surface area contributed by atoms with Gasteiger partial charge in [0.1, 0.15) is 5.82 Å². The number of fused-ring (bicyclic) bond motifs is 1. The molecule has 1 aromatic heterocycles. The normalized spacial score (nSPS) is 17.5. The molecule has 1 aliphatic rings. The summed E-state index contributed by atoms with van der Waals surface area (Å²) in [6, 6.07) is 14.9. The molecule has 0 N–H and O–H groups in total. The van der Waals surface area contributed by atoms with Gasteiger partial charge in [-0.3, -0.25) is 4.98 Å². The van der Waals surface area contributed by atoms with Gasteiger partial charge < -0.3 is 0 Å². The number of aromatic nitrogens is 1. The van der Waals surface area contributed by atoms with Crippen LogP contribution in [0.2, 0.25) is 0 Å². The van der Waals surface area contributed by atoms with Crippen molar-refractivity contribution in [3.63, 3.8) is 0 Å². The third-order valence-corrected chi connectivity index (χ3v) is 6.99. The predicted molar refractivity (Wildman–Crippen MR) is 101 cm³/mol. The molecule has 0 fully saturated rings.